The third kappa shape index (κ3) is 4.01. The highest BCUT2D eigenvalue weighted by Crippen LogP contribution is 2.25. The fourth-order valence-corrected chi connectivity index (χ4v) is 5.72. The van der Waals surface area contributed by atoms with Crippen molar-refractivity contribution in [3.05, 3.63) is 53.2 Å². The van der Waals surface area contributed by atoms with Crippen LogP contribution in [0.2, 0.25) is 0 Å². The number of carbonyl (C=O) groups excluding carboxylic acids is 1. The summed E-state index contributed by atoms with van der Waals surface area (Å²) in [6.45, 7) is 6.27. The summed E-state index contributed by atoms with van der Waals surface area (Å²) in [7, 11) is -3.71. The van der Waals surface area contributed by atoms with Crippen molar-refractivity contribution in [3.8, 4) is 6.07 Å². The van der Waals surface area contributed by atoms with Gasteiger partial charge in [-0.15, -0.1) is 0 Å². The molecule has 3 heterocycles. The van der Waals surface area contributed by atoms with Gasteiger partial charge in [0.15, 0.2) is 0 Å². The molecule has 2 fully saturated rings. The molecule has 0 N–H and O–H groups in total. The second-order valence-electron chi connectivity index (χ2n) is 8.05. The highest BCUT2D eigenvalue weighted by Gasteiger charge is 2.35. The minimum atomic E-state index is -3.71. The van der Waals surface area contributed by atoms with Gasteiger partial charge in [0.2, 0.25) is 10.0 Å². The molecule has 4 rings (SSSR count). The Morgan fingerprint density at radius 2 is 1.94 bits per heavy atom. The van der Waals surface area contributed by atoms with Crippen LogP contribution < -0.4 is 4.90 Å². The number of nitriles is 1. The number of sulfonamides is 1. The molecular formula is C22H25N5O3S. The van der Waals surface area contributed by atoms with Crippen LogP contribution in [-0.4, -0.2) is 67.3 Å². The molecule has 0 spiro atoms. The molecule has 2 aromatic rings. The van der Waals surface area contributed by atoms with E-state index in [1.165, 1.54) is 16.4 Å². The van der Waals surface area contributed by atoms with Crippen LogP contribution in [0.5, 0.6) is 0 Å². The molecular weight excluding hydrogens is 414 g/mol. The van der Waals surface area contributed by atoms with Gasteiger partial charge in [-0.25, -0.2) is 13.4 Å². The molecule has 0 saturated carbocycles. The van der Waals surface area contributed by atoms with E-state index < -0.39 is 10.0 Å². The van der Waals surface area contributed by atoms with Crippen molar-refractivity contribution < 1.29 is 13.2 Å². The monoisotopic (exact) mass is 439 g/mol. The molecule has 2 aliphatic heterocycles. The first-order valence-corrected chi connectivity index (χ1v) is 11.8. The lowest BCUT2D eigenvalue weighted by atomic mass is 10.1. The van der Waals surface area contributed by atoms with Gasteiger partial charge in [-0.3, -0.25) is 4.79 Å². The van der Waals surface area contributed by atoms with E-state index in [4.69, 9.17) is 5.26 Å². The van der Waals surface area contributed by atoms with E-state index >= 15 is 0 Å². The Labute approximate surface area is 182 Å². The predicted octanol–water partition coefficient (Wildman–Crippen LogP) is 2.01. The number of carbonyl (C=O) groups is 1. The van der Waals surface area contributed by atoms with Crippen molar-refractivity contribution in [2.24, 2.45) is 0 Å². The molecule has 1 aromatic heterocycles. The van der Waals surface area contributed by atoms with E-state index in [0.29, 0.717) is 23.2 Å². The van der Waals surface area contributed by atoms with Crippen molar-refractivity contribution in [1.29, 1.82) is 5.26 Å². The van der Waals surface area contributed by atoms with Crippen LogP contribution in [0.1, 0.15) is 34.8 Å². The number of aryl methyl sites for hydroxylation is 1. The first kappa shape index (κ1) is 21.3. The average molecular weight is 440 g/mol. The largest absolute Gasteiger partial charge is 0.356 e. The summed E-state index contributed by atoms with van der Waals surface area (Å²) in [5, 5.41) is 9.02. The van der Waals surface area contributed by atoms with Crippen molar-refractivity contribution in [3.63, 3.8) is 0 Å². The quantitative estimate of drug-likeness (QED) is 0.723. The van der Waals surface area contributed by atoms with E-state index in [2.05, 4.69) is 9.88 Å². The molecule has 8 nitrogen and oxygen atoms in total. The molecule has 2 saturated heterocycles. The zero-order chi connectivity index (χ0) is 22.2. The van der Waals surface area contributed by atoms with Crippen molar-refractivity contribution in [2.75, 3.05) is 37.6 Å². The molecule has 31 heavy (non-hydrogen) atoms. The van der Waals surface area contributed by atoms with Gasteiger partial charge >= 0.3 is 0 Å². The van der Waals surface area contributed by atoms with Crippen molar-refractivity contribution in [2.45, 2.75) is 31.2 Å². The van der Waals surface area contributed by atoms with E-state index in [1.807, 2.05) is 19.1 Å². The fourth-order valence-electron chi connectivity index (χ4n) is 4.00. The highest BCUT2D eigenvalue weighted by molar-refractivity contribution is 7.89. The van der Waals surface area contributed by atoms with Gasteiger partial charge < -0.3 is 9.80 Å². The Balaban J connectivity index is 1.46. The highest BCUT2D eigenvalue weighted by atomic mass is 32.2. The van der Waals surface area contributed by atoms with Gasteiger partial charge in [-0.2, -0.15) is 9.57 Å². The first-order valence-electron chi connectivity index (χ1n) is 10.3. The summed E-state index contributed by atoms with van der Waals surface area (Å²) in [5.41, 5.74) is 1.47. The predicted molar refractivity (Wildman–Crippen MR) is 116 cm³/mol. The van der Waals surface area contributed by atoms with Gasteiger partial charge in [0, 0.05) is 45.0 Å². The third-order valence-corrected chi connectivity index (χ3v) is 7.97. The number of hydrogen-bond donors (Lipinski definition) is 0. The topological polar surface area (TPSA) is 97.6 Å². The van der Waals surface area contributed by atoms with E-state index in [-0.39, 0.29) is 29.9 Å². The van der Waals surface area contributed by atoms with Crippen LogP contribution in [0.3, 0.4) is 0 Å². The normalized spacial score (nSPS) is 19.6. The molecule has 1 aromatic carbocycles. The van der Waals surface area contributed by atoms with Crippen LogP contribution in [0.25, 0.3) is 0 Å². The maximum absolute atomic E-state index is 13.2. The molecule has 0 unspecified atom stereocenters. The van der Waals surface area contributed by atoms with Crippen LogP contribution in [0.15, 0.2) is 41.4 Å². The molecule has 1 atom stereocenters. The van der Waals surface area contributed by atoms with Crippen LogP contribution in [0, 0.1) is 18.3 Å². The van der Waals surface area contributed by atoms with Gasteiger partial charge in [-0.05, 0) is 56.2 Å². The number of hydrogen-bond acceptors (Lipinski definition) is 6. The molecule has 9 heteroatoms. The Kier molecular flexibility index (Phi) is 5.69. The fraction of sp³-hybridized carbons (Fsp3) is 0.409. The summed E-state index contributed by atoms with van der Waals surface area (Å²) >= 11 is 0. The van der Waals surface area contributed by atoms with Gasteiger partial charge in [0.05, 0.1) is 22.1 Å². The summed E-state index contributed by atoms with van der Waals surface area (Å²) < 4.78 is 27.7. The minimum Gasteiger partial charge on any atom is -0.356 e. The van der Waals surface area contributed by atoms with Crippen LogP contribution >= 0.6 is 0 Å². The minimum absolute atomic E-state index is 0.137. The van der Waals surface area contributed by atoms with Crippen molar-refractivity contribution >= 4 is 21.7 Å². The van der Waals surface area contributed by atoms with E-state index in [1.54, 1.807) is 30.2 Å². The van der Waals surface area contributed by atoms with Gasteiger partial charge in [0.1, 0.15) is 5.82 Å². The Morgan fingerprint density at radius 1 is 1.16 bits per heavy atom. The summed E-state index contributed by atoms with van der Waals surface area (Å²) in [6, 6.07) is 9.98. The lowest BCUT2D eigenvalue weighted by molar-refractivity contribution is 0.0591. The number of rotatable bonds is 4. The number of piperazine rings is 1. The lowest BCUT2D eigenvalue weighted by Crippen LogP contribution is -2.55. The maximum atomic E-state index is 13.2. The molecule has 1 amide bonds. The maximum Gasteiger partial charge on any atom is 0.255 e. The Bertz CT molecular complexity index is 1140. The van der Waals surface area contributed by atoms with Crippen LogP contribution in [0.4, 0.5) is 5.82 Å². The zero-order valence-electron chi connectivity index (χ0n) is 17.7. The Hall–Kier alpha value is -2.96. The van der Waals surface area contributed by atoms with Crippen molar-refractivity contribution in [1.82, 2.24) is 14.2 Å². The van der Waals surface area contributed by atoms with E-state index in [0.717, 1.165) is 25.3 Å². The number of amides is 1. The van der Waals surface area contributed by atoms with Crippen LogP contribution in [-0.2, 0) is 10.0 Å². The number of benzene rings is 1. The molecule has 162 valence electrons. The molecule has 0 bridgehead atoms. The molecule has 0 radical (unpaired) electrons. The van der Waals surface area contributed by atoms with Gasteiger partial charge in [-0.1, -0.05) is 0 Å². The Morgan fingerprint density at radius 3 is 2.48 bits per heavy atom. The summed E-state index contributed by atoms with van der Waals surface area (Å²) in [6.07, 6.45) is 2.76. The number of nitrogens with zero attached hydrogens (tertiary/aromatic N) is 5. The SMILES string of the molecule is Cc1cc(C#N)ccc1S(=O)(=O)N1CCN(C(=O)c2ccc(N3CCC3)nc2)[C@@H](C)C1. The summed E-state index contributed by atoms with van der Waals surface area (Å²) in [4.78, 5) is 21.5. The standard InChI is InChI=1S/C22H25N5O3S/c1-16-12-18(13-23)4-6-20(16)31(29,30)26-10-11-27(17(2)15-26)22(28)19-5-7-21(24-14-19)25-8-3-9-25/h4-7,12,14,17H,3,8-11,15H2,1-2H3/t17-/m0/s1. The van der Waals surface area contributed by atoms with Gasteiger partial charge in [0.25, 0.3) is 5.91 Å². The number of anilines is 1. The smallest absolute Gasteiger partial charge is 0.255 e. The lowest BCUT2D eigenvalue weighted by Gasteiger charge is -2.39. The summed E-state index contributed by atoms with van der Waals surface area (Å²) in [5.74, 6) is 0.742. The average Bonchev–Trinajstić information content (AvgIpc) is 2.72. The third-order valence-electron chi connectivity index (χ3n) is 5.95. The number of pyridine rings is 1. The first-order chi connectivity index (χ1) is 14.8. The second-order valence-corrected chi connectivity index (χ2v) is 9.95. The number of aromatic nitrogens is 1. The zero-order valence-corrected chi connectivity index (χ0v) is 18.5. The second kappa shape index (κ2) is 8.29. The molecule has 2 aliphatic rings. The molecule has 0 aliphatic carbocycles. The van der Waals surface area contributed by atoms with E-state index in [9.17, 15) is 13.2 Å².